The van der Waals surface area contributed by atoms with Gasteiger partial charge >= 0.3 is 0 Å². The number of hydrogen-bond donors (Lipinski definition) is 0. The monoisotopic (exact) mass is 387 g/mol. The van der Waals surface area contributed by atoms with Crippen LogP contribution < -0.4 is 0 Å². The van der Waals surface area contributed by atoms with Gasteiger partial charge < -0.3 is 0 Å². The van der Waals surface area contributed by atoms with E-state index in [1.807, 2.05) is 30.3 Å². The van der Waals surface area contributed by atoms with E-state index in [9.17, 15) is 4.39 Å². The van der Waals surface area contributed by atoms with Gasteiger partial charge in [0, 0.05) is 15.2 Å². The van der Waals surface area contributed by atoms with Crippen molar-refractivity contribution in [3.05, 3.63) is 52.4 Å². The molecule has 0 aliphatic heterocycles. The summed E-state index contributed by atoms with van der Waals surface area (Å²) in [5.74, 6) is -0.375. The van der Waals surface area contributed by atoms with Crippen molar-refractivity contribution in [2.75, 3.05) is 0 Å². The molecule has 0 spiro atoms. The number of benzene rings is 2. The zero-order valence-electron chi connectivity index (χ0n) is 14.1. The van der Waals surface area contributed by atoms with E-state index in [2.05, 4.69) is 33.9 Å². The van der Waals surface area contributed by atoms with Gasteiger partial charge in [0.15, 0.2) is 0 Å². The van der Waals surface area contributed by atoms with Gasteiger partial charge in [0.25, 0.3) is 0 Å². The molecule has 0 aliphatic rings. The number of nitrogens with zero attached hydrogens (tertiary/aromatic N) is 1. The lowest BCUT2D eigenvalue weighted by molar-refractivity contribution is 0.600. The fraction of sp³-hybridized carbons (Fsp3) is 0.381. The van der Waals surface area contributed by atoms with E-state index in [-0.39, 0.29) is 5.95 Å². The van der Waals surface area contributed by atoms with E-state index < -0.39 is 0 Å². The minimum Gasteiger partial charge on any atom is -0.219 e. The summed E-state index contributed by atoms with van der Waals surface area (Å²) < 4.78 is 15.3. The van der Waals surface area contributed by atoms with Crippen molar-refractivity contribution in [2.45, 2.75) is 51.9 Å². The first-order valence-electron chi connectivity index (χ1n) is 8.86. The molecule has 0 unspecified atom stereocenters. The fourth-order valence-electron chi connectivity index (χ4n) is 3.25. The Hall–Kier alpha value is -1.48. The molecule has 0 radical (unpaired) electrons. The smallest absolute Gasteiger partial charge is 0.219 e. The Morgan fingerprint density at radius 1 is 0.875 bits per heavy atom. The second-order valence-electron chi connectivity index (χ2n) is 6.46. The summed E-state index contributed by atoms with van der Waals surface area (Å²) in [7, 11) is 0. The summed E-state index contributed by atoms with van der Waals surface area (Å²) in [6, 6.07) is 12.0. The quantitative estimate of drug-likeness (QED) is 0.237. The minimum atomic E-state index is -0.375. The van der Waals surface area contributed by atoms with E-state index in [1.165, 1.54) is 44.1 Å². The van der Waals surface area contributed by atoms with Gasteiger partial charge in [0.1, 0.15) is 0 Å². The maximum atomic E-state index is 14.4. The van der Waals surface area contributed by atoms with E-state index in [4.69, 9.17) is 0 Å². The molecule has 0 bridgehead atoms. The van der Waals surface area contributed by atoms with Crippen molar-refractivity contribution in [3.8, 4) is 0 Å². The molecule has 0 fully saturated rings. The molecule has 3 heteroatoms. The number of unbranched alkanes of at least 4 members (excludes halogenated alkanes) is 5. The second-order valence-corrected chi connectivity index (χ2v) is 7.38. The summed E-state index contributed by atoms with van der Waals surface area (Å²) in [6.07, 6.45) is 8.68. The Kier molecular flexibility index (Phi) is 5.83. The molecular formula is C21H23BrFN. The van der Waals surface area contributed by atoms with Crippen LogP contribution in [0.4, 0.5) is 4.39 Å². The maximum absolute atomic E-state index is 14.4. The summed E-state index contributed by atoms with van der Waals surface area (Å²) in [5.41, 5.74) is 1.90. The third-order valence-electron chi connectivity index (χ3n) is 4.59. The van der Waals surface area contributed by atoms with E-state index in [0.717, 1.165) is 21.7 Å². The van der Waals surface area contributed by atoms with Crippen LogP contribution in [0.25, 0.3) is 21.7 Å². The van der Waals surface area contributed by atoms with Gasteiger partial charge in [-0.2, -0.15) is 4.39 Å². The highest BCUT2D eigenvalue weighted by Crippen LogP contribution is 2.29. The molecule has 2 aromatic carbocycles. The third kappa shape index (κ3) is 3.94. The predicted molar refractivity (Wildman–Crippen MR) is 104 cm³/mol. The van der Waals surface area contributed by atoms with Crippen LogP contribution in [0.15, 0.2) is 40.9 Å². The van der Waals surface area contributed by atoms with E-state index in [0.29, 0.717) is 10.9 Å². The van der Waals surface area contributed by atoms with Crippen LogP contribution in [-0.4, -0.2) is 4.98 Å². The molecule has 0 amide bonds. The van der Waals surface area contributed by atoms with Gasteiger partial charge in [0.2, 0.25) is 5.95 Å². The molecule has 1 heterocycles. The molecule has 0 aliphatic carbocycles. The number of hydrogen-bond acceptors (Lipinski definition) is 1. The molecule has 3 aromatic rings. The van der Waals surface area contributed by atoms with Crippen molar-refractivity contribution < 1.29 is 4.39 Å². The average Bonchev–Trinajstić information content (AvgIpc) is 2.58. The highest BCUT2D eigenvalue weighted by Gasteiger charge is 2.09. The van der Waals surface area contributed by atoms with Crippen LogP contribution in [-0.2, 0) is 6.42 Å². The van der Waals surface area contributed by atoms with Crippen molar-refractivity contribution in [1.82, 2.24) is 4.98 Å². The van der Waals surface area contributed by atoms with Crippen LogP contribution in [0.2, 0.25) is 0 Å². The molecule has 1 aromatic heterocycles. The van der Waals surface area contributed by atoms with Crippen LogP contribution in [0.5, 0.6) is 0 Å². The lowest BCUT2D eigenvalue weighted by Gasteiger charge is -2.08. The average molecular weight is 388 g/mol. The minimum absolute atomic E-state index is 0.375. The maximum Gasteiger partial charge on any atom is 0.221 e. The van der Waals surface area contributed by atoms with Gasteiger partial charge in [-0.15, -0.1) is 0 Å². The summed E-state index contributed by atoms with van der Waals surface area (Å²) >= 11 is 3.42. The Balaban J connectivity index is 1.79. The SMILES string of the molecule is CCCCCCCCc1ccc2c(c1)c(F)nc1cc(Br)ccc12. The number of rotatable bonds is 7. The van der Waals surface area contributed by atoms with Crippen molar-refractivity contribution in [3.63, 3.8) is 0 Å². The zero-order valence-corrected chi connectivity index (χ0v) is 15.7. The first-order chi connectivity index (χ1) is 11.7. The standard InChI is InChI=1S/C21H23BrFN/c1-2-3-4-5-6-7-8-15-9-11-17-18-12-10-16(22)14-20(18)24-21(23)19(17)13-15/h9-14H,2-8H2,1H3. The Morgan fingerprint density at radius 3 is 2.46 bits per heavy atom. The number of aromatic nitrogens is 1. The first kappa shape index (κ1) is 17.3. The number of aryl methyl sites for hydroxylation is 1. The van der Waals surface area contributed by atoms with Crippen molar-refractivity contribution in [2.24, 2.45) is 0 Å². The van der Waals surface area contributed by atoms with Crippen LogP contribution in [0.1, 0.15) is 51.0 Å². The van der Waals surface area contributed by atoms with E-state index in [1.54, 1.807) is 0 Å². The van der Waals surface area contributed by atoms with Crippen molar-refractivity contribution in [1.29, 1.82) is 0 Å². The van der Waals surface area contributed by atoms with Gasteiger partial charge in [-0.3, -0.25) is 0 Å². The Morgan fingerprint density at radius 2 is 1.62 bits per heavy atom. The molecule has 0 saturated carbocycles. The van der Waals surface area contributed by atoms with E-state index >= 15 is 0 Å². The molecule has 24 heavy (non-hydrogen) atoms. The highest BCUT2D eigenvalue weighted by molar-refractivity contribution is 9.10. The van der Waals surface area contributed by atoms with Gasteiger partial charge in [-0.1, -0.05) is 73.2 Å². The number of fused-ring (bicyclic) bond motifs is 3. The van der Waals surface area contributed by atoms with Gasteiger partial charge in [0.05, 0.1) is 5.52 Å². The van der Waals surface area contributed by atoms with Crippen LogP contribution in [0.3, 0.4) is 0 Å². The topological polar surface area (TPSA) is 12.9 Å². The predicted octanol–water partition coefficient (Wildman–Crippen LogP) is 7.19. The van der Waals surface area contributed by atoms with Crippen LogP contribution >= 0.6 is 15.9 Å². The summed E-state index contributed by atoms with van der Waals surface area (Å²) in [6.45, 7) is 2.24. The zero-order chi connectivity index (χ0) is 16.9. The van der Waals surface area contributed by atoms with Gasteiger partial charge in [-0.25, -0.2) is 4.98 Å². The molecule has 126 valence electrons. The first-order valence-corrected chi connectivity index (χ1v) is 9.65. The molecule has 0 N–H and O–H groups in total. The summed E-state index contributed by atoms with van der Waals surface area (Å²) in [4.78, 5) is 4.14. The van der Waals surface area contributed by atoms with Crippen molar-refractivity contribution >= 4 is 37.6 Å². The molecule has 3 rings (SSSR count). The Labute approximate surface area is 151 Å². The van der Waals surface area contributed by atoms with Gasteiger partial charge in [-0.05, 0) is 42.0 Å². The third-order valence-corrected chi connectivity index (χ3v) is 5.09. The summed E-state index contributed by atoms with van der Waals surface area (Å²) in [5, 5.41) is 2.57. The van der Waals surface area contributed by atoms with Crippen LogP contribution in [0, 0.1) is 5.95 Å². The number of pyridine rings is 1. The lowest BCUT2D eigenvalue weighted by atomic mass is 10.0. The fourth-order valence-corrected chi connectivity index (χ4v) is 3.60. The normalized spacial score (nSPS) is 11.5. The lowest BCUT2D eigenvalue weighted by Crippen LogP contribution is -1.92. The number of halogens is 2. The highest BCUT2D eigenvalue weighted by atomic mass is 79.9. The molecule has 0 saturated heterocycles. The second kappa shape index (κ2) is 8.06. The Bertz CT molecular complexity index is 844. The molecule has 0 atom stereocenters. The molecular weight excluding hydrogens is 365 g/mol. The largest absolute Gasteiger partial charge is 0.221 e. The molecule has 1 nitrogen and oxygen atoms in total.